The van der Waals surface area contributed by atoms with Crippen LogP contribution in [0, 0.1) is 6.92 Å². The van der Waals surface area contributed by atoms with Gasteiger partial charge in [-0.3, -0.25) is 4.79 Å². The van der Waals surface area contributed by atoms with Crippen molar-refractivity contribution in [2.75, 3.05) is 18.1 Å². The quantitative estimate of drug-likeness (QED) is 0.279. The number of carbonyl (C=O) groups excluding carboxylic acids is 1. The van der Waals surface area contributed by atoms with Gasteiger partial charge in [-0.1, -0.05) is 41.4 Å². The van der Waals surface area contributed by atoms with Crippen LogP contribution >= 0.6 is 11.6 Å². The van der Waals surface area contributed by atoms with E-state index in [9.17, 15) is 4.79 Å². The molecule has 174 valence electrons. The standard InChI is InChI=1S/C28H28ClN3O2/c1-20-8-12-23(13-9-20)32-19-21(18-27(32)33)28-30-25-6-2-3-7-26(25)31(28)16-4-5-17-34-24-14-10-22(29)11-15-24/h2-3,6-15,21H,4-5,16-19H2,1H3/t21-/m1/s1. The van der Waals surface area contributed by atoms with Crippen molar-refractivity contribution in [3.63, 3.8) is 0 Å². The fourth-order valence-electron chi connectivity index (χ4n) is 4.59. The van der Waals surface area contributed by atoms with Crippen LogP contribution in [0.5, 0.6) is 5.75 Å². The van der Waals surface area contributed by atoms with Gasteiger partial charge < -0.3 is 14.2 Å². The first-order valence-electron chi connectivity index (χ1n) is 11.8. The van der Waals surface area contributed by atoms with Crippen molar-refractivity contribution in [1.82, 2.24) is 9.55 Å². The second kappa shape index (κ2) is 9.90. The van der Waals surface area contributed by atoms with Crippen LogP contribution in [0.15, 0.2) is 72.8 Å². The zero-order chi connectivity index (χ0) is 23.5. The molecule has 0 N–H and O–H groups in total. The van der Waals surface area contributed by atoms with Gasteiger partial charge in [0.25, 0.3) is 0 Å². The molecule has 6 heteroatoms. The van der Waals surface area contributed by atoms with Gasteiger partial charge in [0, 0.05) is 36.1 Å². The van der Waals surface area contributed by atoms with Crippen LogP contribution < -0.4 is 9.64 Å². The second-order valence-electron chi connectivity index (χ2n) is 8.86. The van der Waals surface area contributed by atoms with Gasteiger partial charge in [0.05, 0.1) is 17.6 Å². The Balaban J connectivity index is 1.28. The third kappa shape index (κ3) is 4.80. The Kier molecular flexibility index (Phi) is 6.54. The molecule has 1 aromatic heterocycles. The Morgan fingerprint density at radius 2 is 1.76 bits per heavy atom. The summed E-state index contributed by atoms with van der Waals surface area (Å²) in [4.78, 5) is 19.8. The van der Waals surface area contributed by atoms with E-state index in [0.29, 0.717) is 24.6 Å². The van der Waals surface area contributed by atoms with E-state index in [1.54, 1.807) is 0 Å². The molecule has 1 amide bonds. The molecule has 0 radical (unpaired) electrons. The van der Waals surface area contributed by atoms with E-state index in [0.717, 1.165) is 47.7 Å². The zero-order valence-electron chi connectivity index (χ0n) is 19.3. The van der Waals surface area contributed by atoms with Gasteiger partial charge in [-0.05, 0) is 68.3 Å². The number of aryl methyl sites for hydroxylation is 2. The number of benzene rings is 3. The van der Waals surface area contributed by atoms with Gasteiger partial charge >= 0.3 is 0 Å². The van der Waals surface area contributed by atoms with Gasteiger partial charge in [0.15, 0.2) is 0 Å². The van der Waals surface area contributed by atoms with Crippen LogP contribution in [0.1, 0.15) is 36.6 Å². The molecule has 0 bridgehead atoms. The third-order valence-electron chi connectivity index (χ3n) is 6.38. The number of nitrogens with zero attached hydrogens (tertiary/aromatic N) is 3. The number of hydrogen-bond donors (Lipinski definition) is 0. The highest BCUT2D eigenvalue weighted by molar-refractivity contribution is 6.30. The smallest absolute Gasteiger partial charge is 0.227 e. The SMILES string of the molecule is Cc1ccc(N2C[C@H](c3nc4ccccc4n3CCCCOc3ccc(Cl)cc3)CC2=O)cc1. The molecule has 4 aromatic rings. The molecule has 5 rings (SSSR count). The van der Waals surface area contributed by atoms with Crippen molar-refractivity contribution in [3.05, 3.63) is 89.2 Å². The number of rotatable bonds is 8. The number of fused-ring (bicyclic) bond motifs is 1. The van der Waals surface area contributed by atoms with Gasteiger partial charge in [0.2, 0.25) is 5.91 Å². The lowest BCUT2D eigenvalue weighted by Gasteiger charge is -2.18. The second-order valence-corrected chi connectivity index (χ2v) is 9.30. The lowest BCUT2D eigenvalue weighted by molar-refractivity contribution is -0.117. The van der Waals surface area contributed by atoms with E-state index in [2.05, 4.69) is 29.7 Å². The molecule has 1 saturated heterocycles. The number of imidazole rings is 1. The Morgan fingerprint density at radius 1 is 1.00 bits per heavy atom. The van der Waals surface area contributed by atoms with Crippen LogP contribution in [0.25, 0.3) is 11.0 Å². The fourth-order valence-corrected chi connectivity index (χ4v) is 4.71. The van der Waals surface area contributed by atoms with Crippen LogP contribution in [0.3, 0.4) is 0 Å². The maximum Gasteiger partial charge on any atom is 0.227 e. The monoisotopic (exact) mass is 473 g/mol. The highest BCUT2D eigenvalue weighted by atomic mass is 35.5. The molecular formula is C28H28ClN3O2. The van der Waals surface area contributed by atoms with E-state index in [4.69, 9.17) is 21.3 Å². The van der Waals surface area contributed by atoms with E-state index < -0.39 is 0 Å². The minimum atomic E-state index is 0.0755. The number of halogens is 1. The summed E-state index contributed by atoms with van der Waals surface area (Å²) in [6.45, 7) is 4.20. The summed E-state index contributed by atoms with van der Waals surface area (Å²) >= 11 is 5.94. The number of amides is 1. The van der Waals surface area contributed by atoms with Crippen molar-refractivity contribution in [3.8, 4) is 5.75 Å². The minimum absolute atomic E-state index is 0.0755. The summed E-state index contributed by atoms with van der Waals surface area (Å²) in [5.74, 6) is 2.07. The van der Waals surface area contributed by atoms with Crippen LogP contribution in [-0.4, -0.2) is 28.6 Å². The molecule has 1 aliphatic heterocycles. The number of aromatic nitrogens is 2. The highest BCUT2D eigenvalue weighted by Crippen LogP contribution is 2.33. The van der Waals surface area contributed by atoms with Crippen LogP contribution in [0.2, 0.25) is 5.02 Å². The number of anilines is 1. The average Bonchev–Trinajstić information content (AvgIpc) is 3.41. The molecule has 0 saturated carbocycles. The normalized spacial score (nSPS) is 15.9. The first-order chi connectivity index (χ1) is 16.6. The van der Waals surface area contributed by atoms with Gasteiger partial charge in [-0.25, -0.2) is 4.98 Å². The van der Waals surface area contributed by atoms with Crippen molar-refractivity contribution in [2.45, 2.75) is 38.6 Å². The maximum atomic E-state index is 12.9. The molecule has 1 atom stereocenters. The van der Waals surface area contributed by atoms with E-state index in [-0.39, 0.29) is 11.8 Å². The molecule has 5 nitrogen and oxygen atoms in total. The number of para-hydroxylation sites is 2. The number of ether oxygens (including phenoxy) is 1. The number of hydrogen-bond acceptors (Lipinski definition) is 3. The lowest BCUT2D eigenvalue weighted by atomic mass is 10.1. The number of unbranched alkanes of at least 4 members (excludes halogenated alkanes) is 1. The topological polar surface area (TPSA) is 47.4 Å². The average molecular weight is 474 g/mol. The molecule has 3 aromatic carbocycles. The van der Waals surface area contributed by atoms with E-state index in [1.807, 2.05) is 59.5 Å². The molecule has 0 spiro atoms. The number of carbonyl (C=O) groups is 1. The Labute approximate surface area is 204 Å². The molecule has 0 aliphatic carbocycles. The first-order valence-corrected chi connectivity index (χ1v) is 12.2. The van der Waals surface area contributed by atoms with Gasteiger partial charge in [-0.15, -0.1) is 0 Å². The third-order valence-corrected chi connectivity index (χ3v) is 6.63. The summed E-state index contributed by atoms with van der Waals surface area (Å²) in [6.07, 6.45) is 2.37. The largest absolute Gasteiger partial charge is 0.494 e. The minimum Gasteiger partial charge on any atom is -0.494 e. The maximum absolute atomic E-state index is 12.9. The Hall–Kier alpha value is -3.31. The molecular weight excluding hydrogens is 446 g/mol. The van der Waals surface area contributed by atoms with Gasteiger partial charge in [0.1, 0.15) is 11.6 Å². The molecule has 1 aliphatic rings. The zero-order valence-corrected chi connectivity index (χ0v) is 20.0. The summed E-state index contributed by atoms with van der Waals surface area (Å²) < 4.78 is 8.15. The predicted octanol–water partition coefficient (Wildman–Crippen LogP) is 6.38. The summed E-state index contributed by atoms with van der Waals surface area (Å²) in [6, 6.07) is 23.8. The van der Waals surface area contributed by atoms with Crippen molar-refractivity contribution < 1.29 is 9.53 Å². The summed E-state index contributed by atoms with van der Waals surface area (Å²) in [5, 5.41) is 0.707. The van der Waals surface area contributed by atoms with Crippen LogP contribution in [-0.2, 0) is 11.3 Å². The highest BCUT2D eigenvalue weighted by Gasteiger charge is 2.34. The van der Waals surface area contributed by atoms with Crippen molar-refractivity contribution in [1.29, 1.82) is 0 Å². The van der Waals surface area contributed by atoms with E-state index in [1.165, 1.54) is 5.56 Å². The first kappa shape index (κ1) is 22.5. The lowest BCUT2D eigenvalue weighted by Crippen LogP contribution is -2.24. The van der Waals surface area contributed by atoms with Crippen molar-refractivity contribution >= 4 is 34.2 Å². The Morgan fingerprint density at radius 3 is 2.56 bits per heavy atom. The summed E-state index contributed by atoms with van der Waals surface area (Å²) in [7, 11) is 0. The molecule has 34 heavy (non-hydrogen) atoms. The van der Waals surface area contributed by atoms with Crippen molar-refractivity contribution in [2.24, 2.45) is 0 Å². The summed E-state index contributed by atoms with van der Waals surface area (Å²) in [5.41, 5.74) is 4.25. The van der Waals surface area contributed by atoms with Gasteiger partial charge in [-0.2, -0.15) is 0 Å². The Bertz CT molecular complexity index is 1280. The predicted molar refractivity (Wildman–Crippen MR) is 137 cm³/mol. The molecule has 1 fully saturated rings. The molecule has 0 unspecified atom stereocenters. The molecule has 2 heterocycles. The van der Waals surface area contributed by atoms with E-state index >= 15 is 0 Å². The fraction of sp³-hybridized carbons (Fsp3) is 0.286. The van der Waals surface area contributed by atoms with Crippen LogP contribution in [0.4, 0.5) is 5.69 Å².